The molecule has 184 valence electrons. The van der Waals surface area contributed by atoms with Crippen LogP contribution in [-0.4, -0.2) is 58.6 Å². The van der Waals surface area contributed by atoms with Gasteiger partial charge in [-0.3, -0.25) is 19.1 Å². The number of likely N-dealkylation sites (N-methyl/N-ethyl adjacent to an activating group) is 1. The topological polar surface area (TPSA) is 83.4 Å². The molecule has 36 heavy (non-hydrogen) atoms. The molecule has 0 unspecified atom stereocenters. The molecule has 3 heterocycles. The number of aryl methyl sites for hydroxylation is 1. The fourth-order valence-electron chi connectivity index (χ4n) is 4.49. The molecule has 1 aliphatic rings. The Bertz CT molecular complexity index is 1500. The van der Waals surface area contributed by atoms with Gasteiger partial charge in [0.05, 0.1) is 27.2 Å². The van der Waals surface area contributed by atoms with Crippen molar-refractivity contribution in [1.29, 1.82) is 0 Å². The van der Waals surface area contributed by atoms with Crippen LogP contribution in [0.4, 0.5) is 11.4 Å². The van der Waals surface area contributed by atoms with E-state index in [-0.39, 0.29) is 16.5 Å². The summed E-state index contributed by atoms with van der Waals surface area (Å²) in [7, 11) is 2.14. The first-order chi connectivity index (χ1) is 17.4. The molecule has 0 saturated carbocycles. The number of rotatable bonds is 4. The zero-order chi connectivity index (χ0) is 25.2. The molecule has 2 aromatic heterocycles. The van der Waals surface area contributed by atoms with E-state index in [2.05, 4.69) is 32.1 Å². The van der Waals surface area contributed by atoms with Gasteiger partial charge in [0, 0.05) is 43.4 Å². The summed E-state index contributed by atoms with van der Waals surface area (Å²) in [6, 6.07) is 12.9. The quantitative estimate of drug-likeness (QED) is 0.451. The average Bonchev–Trinajstić information content (AvgIpc) is 3.10. The standard InChI is InChI=1S/C27H27ClN6O2/c1-18-4-5-19(31-26(35)21-8-9-29-16-23(21)28)14-25(18)34-17-30-24-7-6-20(15-22(24)27(34)36)33-11-3-10-32(2)12-13-33/h4-9,14-17H,3,10-13H2,1-2H3,(H,31,35). The lowest BCUT2D eigenvalue weighted by molar-refractivity contribution is 0.102. The molecule has 0 radical (unpaired) electrons. The number of benzene rings is 2. The maximum Gasteiger partial charge on any atom is 0.265 e. The van der Waals surface area contributed by atoms with Gasteiger partial charge < -0.3 is 15.1 Å². The molecule has 9 heteroatoms. The summed E-state index contributed by atoms with van der Waals surface area (Å²) in [6.45, 7) is 5.84. The van der Waals surface area contributed by atoms with Crippen LogP contribution in [0, 0.1) is 6.92 Å². The summed E-state index contributed by atoms with van der Waals surface area (Å²) in [5.74, 6) is -0.353. The Morgan fingerprint density at radius 3 is 2.75 bits per heavy atom. The molecule has 4 aromatic rings. The van der Waals surface area contributed by atoms with Gasteiger partial charge in [0.1, 0.15) is 6.33 Å². The van der Waals surface area contributed by atoms with Gasteiger partial charge in [-0.1, -0.05) is 17.7 Å². The number of halogens is 1. The van der Waals surface area contributed by atoms with E-state index in [1.807, 2.05) is 31.2 Å². The molecule has 1 amide bonds. The lowest BCUT2D eigenvalue weighted by atomic mass is 10.1. The Kier molecular flexibility index (Phi) is 6.71. The van der Waals surface area contributed by atoms with Gasteiger partial charge in [-0.25, -0.2) is 4.98 Å². The fraction of sp³-hybridized carbons (Fsp3) is 0.259. The minimum Gasteiger partial charge on any atom is -0.370 e. The summed E-state index contributed by atoms with van der Waals surface area (Å²) in [6.07, 6.45) is 5.56. The average molecular weight is 503 g/mol. The molecule has 1 saturated heterocycles. The normalized spacial score (nSPS) is 14.6. The van der Waals surface area contributed by atoms with Crippen molar-refractivity contribution in [2.24, 2.45) is 0 Å². The fourth-order valence-corrected chi connectivity index (χ4v) is 4.69. The number of pyridine rings is 1. The lowest BCUT2D eigenvalue weighted by Crippen LogP contribution is -2.29. The smallest absolute Gasteiger partial charge is 0.265 e. The van der Waals surface area contributed by atoms with Gasteiger partial charge in [-0.2, -0.15) is 0 Å². The van der Waals surface area contributed by atoms with Gasteiger partial charge in [-0.05, 0) is 68.9 Å². The third-order valence-electron chi connectivity index (χ3n) is 6.57. The number of nitrogens with zero attached hydrogens (tertiary/aromatic N) is 5. The van der Waals surface area contributed by atoms with Crippen LogP contribution in [-0.2, 0) is 0 Å². The van der Waals surface area contributed by atoms with Gasteiger partial charge in [-0.15, -0.1) is 0 Å². The Morgan fingerprint density at radius 1 is 1.06 bits per heavy atom. The number of nitrogens with one attached hydrogen (secondary N) is 1. The Balaban J connectivity index is 1.49. The first-order valence-electron chi connectivity index (χ1n) is 11.9. The summed E-state index contributed by atoms with van der Waals surface area (Å²) in [5, 5.41) is 3.68. The first-order valence-corrected chi connectivity index (χ1v) is 12.3. The number of amides is 1. The molecule has 1 N–H and O–H groups in total. The van der Waals surface area contributed by atoms with Crippen LogP contribution in [0.5, 0.6) is 0 Å². The summed E-state index contributed by atoms with van der Waals surface area (Å²) >= 11 is 6.12. The monoisotopic (exact) mass is 502 g/mol. The third kappa shape index (κ3) is 4.82. The van der Waals surface area contributed by atoms with E-state index in [9.17, 15) is 9.59 Å². The zero-order valence-electron chi connectivity index (χ0n) is 20.2. The van der Waals surface area contributed by atoms with Crippen molar-refractivity contribution in [3.8, 4) is 5.69 Å². The van der Waals surface area contributed by atoms with Crippen LogP contribution in [0.15, 0.2) is 66.0 Å². The Hall–Kier alpha value is -3.75. The molecule has 2 aromatic carbocycles. The predicted molar refractivity (Wildman–Crippen MR) is 144 cm³/mol. The highest BCUT2D eigenvalue weighted by atomic mass is 35.5. The second-order valence-electron chi connectivity index (χ2n) is 9.08. The van der Waals surface area contributed by atoms with Crippen LogP contribution >= 0.6 is 11.6 Å². The highest BCUT2D eigenvalue weighted by Crippen LogP contribution is 2.23. The van der Waals surface area contributed by atoms with E-state index in [1.54, 1.807) is 24.5 Å². The number of carbonyl (C=O) groups excluding carboxylic acids is 1. The van der Waals surface area contributed by atoms with Crippen LogP contribution < -0.4 is 15.8 Å². The molecular formula is C27H27ClN6O2. The third-order valence-corrected chi connectivity index (χ3v) is 6.87. The summed E-state index contributed by atoms with van der Waals surface area (Å²) in [4.78, 5) is 39.5. The van der Waals surface area contributed by atoms with Crippen LogP contribution in [0.3, 0.4) is 0 Å². The van der Waals surface area contributed by atoms with Gasteiger partial charge >= 0.3 is 0 Å². The molecule has 8 nitrogen and oxygen atoms in total. The second kappa shape index (κ2) is 10.1. The van der Waals surface area contributed by atoms with Crippen molar-refractivity contribution in [3.63, 3.8) is 0 Å². The van der Waals surface area contributed by atoms with Gasteiger partial charge in [0.25, 0.3) is 11.5 Å². The first kappa shape index (κ1) is 24.0. The number of hydrogen-bond acceptors (Lipinski definition) is 6. The van der Waals surface area contributed by atoms with Crippen molar-refractivity contribution in [2.45, 2.75) is 13.3 Å². The number of aromatic nitrogens is 3. The van der Waals surface area contributed by atoms with Crippen LogP contribution in [0.2, 0.25) is 5.02 Å². The minimum atomic E-state index is -0.353. The molecule has 0 aliphatic carbocycles. The second-order valence-corrected chi connectivity index (χ2v) is 9.48. The Morgan fingerprint density at radius 2 is 1.92 bits per heavy atom. The number of fused-ring (bicyclic) bond motifs is 1. The van der Waals surface area contributed by atoms with Crippen molar-refractivity contribution < 1.29 is 4.79 Å². The largest absolute Gasteiger partial charge is 0.370 e. The highest BCUT2D eigenvalue weighted by Gasteiger charge is 2.16. The molecular weight excluding hydrogens is 476 g/mol. The van der Waals surface area contributed by atoms with E-state index < -0.39 is 0 Å². The molecule has 0 spiro atoms. The molecule has 5 rings (SSSR count). The summed E-state index contributed by atoms with van der Waals surface area (Å²) in [5.41, 5.74) is 3.92. The lowest BCUT2D eigenvalue weighted by Gasteiger charge is -2.23. The maximum absolute atomic E-state index is 13.6. The van der Waals surface area contributed by atoms with Crippen LogP contribution in [0.1, 0.15) is 22.3 Å². The Labute approximate surface area is 214 Å². The van der Waals surface area contributed by atoms with Crippen molar-refractivity contribution >= 4 is 39.8 Å². The number of anilines is 2. The summed E-state index contributed by atoms with van der Waals surface area (Å²) < 4.78 is 1.53. The molecule has 0 atom stereocenters. The van der Waals surface area contributed by atoms with E-state index in [1.165, 1.54) is 17.0 Å². The zero-order valence-corrected chi connectivity index (χ0v) is 21.0. The van der Waals surface area contributed by atoms with Crippen molar-refractivity contribution in [2.75, 3.05) is 43.4 Å². The van der Waals surface area contributed by atoms with Crippen LogP contribution in [0.25, 0.3) is 16.6 Å². The molecule has 0 bridgehead atoms. The number of carbonyl (C=O) groups is 1. The van der Waals surface area contributed by atoms with Crippen molar-refractivity contribution in [1.82, 2.24) is 19.4 Å². The van der Waals surface area contributed by atoms with Gasteiger partial charge in [0.15, 0.2) is 0 Å². The SMILES string of the molecule is Cc1ccc(NC(=O)c2ccncc2Cl)cc1-n1cnc2ccc(N3CCCN(C)CC3)cc2c1=O. The highest BCUT2D eigenvalue weighted by molar-refractivity contribution is 6.34. The molecule has 1 aliphatic heterocycles. The van der Waals surface area contributed by atoms with E-state index in [0.717, 1.165) is 43.9 Å². The maximum atomic E-state index is 13.6. The van der Waals surface area contributed by atoms with Gasteiger partial charge in [0.2, 0.25) is 0 Å². The number of hydrogen-bond donors (Lipinski definition) is 1. The van der Waals surface area contributed by atoms with E-state index in [0.29, 0.717) is 27.8 Å². The van der Waals surface area contributed by atoms with Crippen molar-refractivity contribution in [3.05, 3.63) is 87.7 Å². The minimum absolute atomic E-state index is 0.155. The van der Waals surface area contributed by atoms with E-state index in [4.69, 9.17) is 11.6 Å². The van der Waals surface area contributed by atoms with E-state index >= 15 is 0 Å². The predicted octanol–water partition coefficient (Wildman–Crippen LogP) is 4.14. The molecule has 1 fully saturated rings.